The maximum absolute atomic E-state index is 13.2. The number of benzene rings is 1. The molecule has 0 spiro atoms. The molecule has 0 radical (unpaired) electrons. The summed E-state index contributed by atoms with van der Waals surface area (Å²) in [6, 6.07) is 4.64. The quantitative estimate of drug-likeness (QED) is 0.406. The number of piperidine rings is 1. The van der Waals surface area contributed by atoms with Crippen LogP contribution in [0.2, 0.25) is 5.02 Å². The highest BCUT2D eigenvalue weighted by Gasteiger charge is 2.23. The molecule has 134 valence electrons. The van der Waals surface area contributed by atoms with E-state index in [1.807, 2.05) is 0 Å². The average molecular weight is 469 g/mol. The number of nitrogens with one attached hydrogen (secondary N) is 1. The predicted octanol–water partition coefficient (Wildman–Crippen LogP) is 2.76. The molecule has 8 heteroatoms. The van der Waals surface area contributed by atoms with E-state index in [1.165, 1.54) is 6.07 Å². The van der Waals surface area contributed by atoms with Crippen LogP contribution < -0.4 is 11.1 Å². The van der Waals surface area contributed by atoms with Crippen LogP contribution in [-0.2, 0) is 11.3 Å². The first-order valence-corrected chi connectivity index (χ1v) is 8.05. The van der Waals surface area contributed by atoms with Gasteiger partial charge in [-0.3, -0.25) is 9.79 Å². The predicted molar refractivity (Wildman–Crippen MR) is 105 cm³/mol. The number of amides is 1. The van der Waals surface area contributed by atoms with E-state index in [1.54, 1.807) is 19.2 Å². The number of halogens is 3. The van der Waals surface area contributed by atoms with Crippen molar-refractivity contribution < 1.29 is 9.18 Å². The SMILES string of the molecule is CN=C(NCc1ccc(F)c(Cl)c1)N1CCCC(CC(N)=O)C1.I. The molecule has 1 saturated heterocycles. The number of primary amides is 1. The molecule has 5 nitrogen and oxygen atoms in total. The normalized spacial score (nSPS) is 18.0. The number of hydrogen-bond donors (Lipinski definition) is 2. The van der Waals surface area contributed by atoms with Crippen molar-refractivity contribution in [2.75, 3.05) is 20.1 Å². The zero-order valence-corrected chi connectivity index (χ0v) is 16.7. The van der Waals surface area contributed by atoms with E-state index in [0.717, 1.165) is 37.5 Å². The number of hydrogen-bond acceptors (Lipinski definition) is 2. The first kappa shape index (κ1) is 21.0. The van der Waals surface area contributed by atoms with E-state index in [-0.39, 0.29) is 40.8 Å². The number of carbonyl (C=O) groups is 1. The lowest BCUT2D eigenvalue weighted by atomic mass is 9.95. The van der Waals surface area contributed by atoms with E-state index in [2.05, 4.69) is 15.2 Å². The minimum atomic E-state index is -0.426. The number of nitrogens with zero attached hydrogens (tertiary/aromatic N) is 2. The van der Waals surface area contributed by atoms with Crippen LogP contribution in [0.4, 0.5) is 4.39 Å². The topological polar surface area (TPSA) is 70.7 Å². The Morgan fingerprint density at radius 1 is 1.54 bits per heavy atom. The Kier molecular flexibility index (Phi) is 8.75. The van der Waals surface area contributed by atoms with Gasteiger partial charge in [-0.15, -0.1) is 24.0 Å². The van der Waals surface area contributed by atoms with Crippen LogP contribution >= 0.6 is 35.6 Å². The Morgan fingerprint density at radius 2 is 2.29 bits per heavy atom. The molecule has 1 aliphatic heterocycles. The van der Waals surface area contributed by atoms with Crippen molar-refractivity contribution in [1.82, 2.24) is 10.2 Å². The molecule has 24 heavy (non-hydrogen) atoms. The Bertz CT molecular complexity index is 599. The van der Waals surface area contributed by atoms with Gasteiger partial charge >= 0.3 is 0 Å². The van der Waals surface area contributed by atoms with Crippen LogP contribution in [0.3, 0.4) is 0 Å². The second-order valence-corrected chi connectivity index (χ2v) is 6.18. The zero-order valence-electron chi connectivity index (χ0n) is 13.6. The fraction of sp³-hybridized carbons (Fsp3) is 0.500. The number of rotatable bonds is 4. The van der Waals surface area contributed by atoms with Crippen molar-refractivity contribution in [2.24, 2.45) is 16.6 Å². The molecule has 0 aliphatic carbocycles. The van der Waals surface area contributed by atoms with Crippen LogP contribution in [-0.4, -0.2) is 36.9 Å². The van der Waals surface area contributed by atoms with Crippen molar-refractivity contribution in [3.63, 3.8) is 0 Å². The highest BCUT2D eigenvalue weighted by Crippen LogP contribution is 2.20. The lowest BCUT2D eigenvalue weighted by Crippen LogP contribution is -2.46. The fourth-order valence-corrected chi connectivity index (χ4v) is 3.07. The summed E-state index contributed by atoms with van der Waals surface area (Å²) in [5, 5.41) is 3.36. The molecule has 0 saturated carbocycles. The van der Waals surface area contributed by atoms with Gasteiger partial charge in [0, 0.05) is 33.1 Å². The Hall–Kier alpha value is -1.09. The van der Waals surface area contributed by atoms with Gasteiger partial charge in [-0.05, 0) is 36.5 Å². The molecule has 1 heterocycles. The molecular weight excluding hydrogens is 446 g/mol. The Balaban J connectivity index is 0.00000288. The third-order valence-electron chi connectivity index (χ3n) is 3.95. The average Bonchev–Trinajstić information content (AvgIpc) is 2.51. The van der Waals surface area contributed by atoms with E-state index >= 15 is 0 Å². The fourth-order valence-electron chi connectivity index (χ4n) is 2.87. The van der Waals surface area contributed by atoms with E-state index in [9.17, 15) is 9.18 Å². The monoisotopic (exact) mass is 468 g/mol. The highest BCUT2D eigenvalue weighted by molar-refractivity contribution is 14.0. The van der Waals surface area contributed by atoms with Crippen molar-refractivity contribution >= 4 is 47.4 Å². The number of guanidine groups is 1. The Morgan fingerprint density at radius 3 is 2.92 bits per heavy atom. The maximum Gasteiger partial charge on any atom is 0.217 e. The molecule has 1 aromatic carbocycles. The minimum absolute atomic E-state index is 0. The smallest absolute Gasteiger partial charge is 0.217 e. The molecule has 1 unspecified atom stereocenters. The molecule has 2 rings (SSSR count). The molecule has 1 aliphatic rings. The largest absolute Gasteiger partial charge is 0.370 e. The van der Waals surface area contributed by atoms with Gasteiger partial charge in [0.15, 0.2) is 5.96 Å². The van der Waals surface area contributed by atoms with Gasteiger partial charge in [0.05, 0.1) is 5.02 Å². The summed E-state index contributed by atoms with van der Waals surface area (Å²) in [7, 11) is 1.72. The van der Waals surface area contributed by atoms with E-state index < -0.39 is 5.82 Å². The molecule has 1 atom stereocenters. The summed E-state index contributed by atoms with van der Waals surface area (Å²) in [6.45, 7) is 2.15. The van der Waals surface area contributed by atoms with Gasteiger partial charge in [-0.2, -0.15) is 0 Å². The molecule has 0 bridgehead atoms. The van der Waals surface area contributed by atoms with Crippen molar-refractivity contribution in [3.05, 3.63) is 34.6 Å². The van der Waals surface area contributed by atoms with Gasteiger partial charge in [0.1, 0.15) is 5.82 Å². The van der Waals surface area contributed by atoms with Crippen molar-refractivity contribution in [1.29, 1.82) is 0 Å². The summed E-state index contributed by atoms with van der Waals surface area (Å²) < 4.78 is 13.2. The minimum Gasteiger partial charge on any atom is -0.370 e. The standard InChI is InChI=1S/C16H22ClFN4O.HI/c1-20-16(21-9-11-4-5-14(18)13(17)7-11)22-6-2-3-12(10-22)8-15(19)23;/h4-5,7,12H,2-3,6,8-10H2,1H3,(H2,19,23)(H,20,21);1H. The molecule has 1 aromatic rings. The van der Waals surface area contributed by atoms with Crippen LogP contribution in [0, 0.1) is 11.7 Å². The van der Waals surface area contributed by atoms with Crippen LogP contribution in [0.1, 0.15) is 24.8 Å². The number of carbonyl (C=O) groups excluding carboxylic acids is 1. The second-order valence-electron chi connectivity index (χ2n) is 5.77. The number of likely N-dealkylation sites (tertiary alicyclic amines) is 1. The van der Waals surface area contributed by atoms with Crippen LogP contribution in [0.25, 0.3) is 0 Å². The van der Waals surface area contributed by atoms with Gasteiger partial charge in [-0.25, -0.2) is 4.39 Å². The first-order valence-electron chi connectivity index (χ1n) is 7.67. The highest BCUT2D eigenvalue weighted by atomic mass is 127. The summed E-state index contributed by atoms with van der Waals surface area (Å²) in [5.74, 6) is 0.338. The summed E-state index contributed by atoms with van der Waals surface area (Å²) in [6.07, 6.45) is 2.41. The third kappa shape index (κ3) is 6.08. The Labute approximate surface area is 163 Å². The maximum atomic E-state index is 13.2. The summed E-state index contributed by atoms with van der Waals surface area (Å²) in [4.78, 5) is 17.5. The first-order chi connectivity index (χ1) is 11.0. The lowest BCUT2D eigenvalue weighted by molar-refractivity contribution is -0.119. The summed E-state index contributed by atoms with van der Waals surface area (Å²) in [5.41, 5.74) is 6.17. The molecule has 1 fully saturated rings. The molecular formula is C16H23ClFIN4O. The van der Waals surface area contributed by atoms with Crippen molar-refractivity contribution in [2.45, 2.75) is 25.8 Å². The van der Waals surface area contributed by atoms with Crippen molar-refractivity contribution in [3.8, 4) is 0 Å². The van der Waals surface area contributed by atoms with Crippen LogP contribution in [0.5, 0.6) is 0 Å². The van der Waals surface area contributed by atoms with Gasteiger partial charge < -0.3 is 16.0 Å². The number of aliphatic imine (C=N–C) groups is 1. The molecule has 3 N–H and O–H groups in total. The van der Waals surface area contributed by atoms with Crippen LogP contribution in [0.15, 0.2) is 23.2 Å². The molecule has 1 amide bonds. The second kappa shape index (κ2) is 10.0. The third-order valence-corrected chi connectivity index (χ3v) is 4.24. The van der Waals surface area contributed by atoms with E-state index in [4.69, 9.17) is 17.3 Å². The van der Waals surface area contributed by atoms with Gasteiger partial charge in [-0.1, -0.05) is 17.7 Å². The van der Waals surface area contributed by atoms with Gasteiger partial charge in [0.25, 0.3) is 0 Å². The zero-order chi connectivity index (χ0) is 16.8. The number of nitrogens with two attached hydrogens (primary N) is 1. The van der Waals surface area contributed by atoms with Gasteiger partial charge in [0.2, 0.25) is 5.91 Å². The summed E-state index contributed by atoms with van der Waals surface area (Å²) >= 11 is 5.79. The van der Waals surface area contributed by atoms with E-state index in [0.29, 0.717) is 13.0 Å². The molecule has 0 aromatic heterocycles. The lowest BCUT2D eigenvalue weighted by Gasteiger charge is -2.34.